The number of likely N-dealkylation sites (N-methyl/N-ethyl adjacent to an activating group) is 1. The number of nitrogens with zero attached hydrogens (tertiary/aromatic N) is 1. The van der Waals surface area contributed by atoms with Crippen molar-refractivity contribution in [3.05, 3.63) is 24.3 Å². The van der Waals surface area contributed by atoms with Gasteiger partial charge in [0.05, 0.1) is 6.54 Å². The van der Waals surface area contributed by atoms with Crippen molar-refractivity contribution in [2.45, 2.75) is 25.4 Å². The predicted molar refractivity (Wildman–Crippen MR) is 86.6 cm³/mol. The van der Waals surface area contributed by atoms with Crippen LogP contribution in [0.3, 0.4) is 0 Å². The van der Waals surface area contributed by atoms with Gasteiger partial charge in [-0.25, -0.2) is 0 Å². The Morgan fingerprint density at radius 3 is 2.83 bits per heavy atom. The van der Waals surface area contributed by atoms with E-state index in [1.165, 1.54) is 0 Å². The van der Waals surface area contributed by atoms with E-state index in [-0.39, 0.29) is 23.3 Å². The lowest BCUT2D eigenvalue weighted by molar-refractivity contribution is -0.133. The van der Waals surface area contributed by atoms with Crippen LogP contribution in [0.1, 0.15) is 19.3 Å². The van der Waals surface area contributed by atoms with Crippen LogP contribution in [0, 0.1) is 11.3 Å². The number of para-hydroxylation sites is 2. The van der Waals surface area contributed by atoms with Crippen LogP contribution in [0.15, 0.2) is 24.3 Å². The molecule has 1 amide bonds. The highest BCUT2D eigenvalue weighted by Gasteiger charge is 2.58. The Morgan fingerprint density at radius 2 is 2.04 bits per heavy atom. The zero-order chi connectivity index (χ0) is 15.9. The van der Waals surface area contributed by atoms with Crippen LogP contribution in [0.4, 0.5) is 0 Å². The van der Waals surface area contributed by atoms with Crippen molar-refractivity contribution in [1.82, 2.24) is 10.2 Å². The molecule has 2 aliphatic heterocycles. The maximum absolute atomic E-state index is 12.7. The molecule has 4 rings (SSSR count). The zero-order valence-corrected chi connectivity index (χ0v) is 13.6. The molecule has 1 aromatic carbocycles. The number of amides is 1. The smallest absolute Gasteiger partial charge is 0.226 e. The van der Waals surface area contributed by atoms with Gasteiger partial charge in [0.25, 0.3) is 0 Å². The van der Waals surface area contributed by atoms with E-state index >= 15 is 0 Å². The normalized spacial score (nSPS) is 27.5. The Labute approximate surface area is 136 Å². The second-order valence-electron chi connectivity index (χ2n) is 7.09. The molecule has 5 nitrogen and oxygen atoms in total. The number of ether oxygens (including phenoxy) is 2. The van der Waals surface area contributed by atoms with Gasteiger partial charge in [-0.3, -0.25) is 4.79 Å². The summed E-state index contributed by atoms with van der Waals surface area (Å²) in [6.45, 7) is 3.17. The van der Waals surface area contributed by atoms with Gasteiger partial charge >= 0.3 is 0 Å². The summed E-state index contributed by atoms with van der Waals surface area (Å²) < 4.78 is 11.7. The van der Waals surface area contributed by atoms with E-state index in [9.17, 15) is 4.79 Å². The third kappa shape index (κ3) is 2.78. The van der Waals surface area contributed by atoms with E-state index in [2.05, 4.69) is 5.32 Å². The number of nitrogens with one attached hydrogen (secondary N) is 1. The van der Waals surface area contributed by atoms with Gasteiger partial charge in [-0.2, -0.15) is 0 Å². The quantitative estimate of drug-likeness (QED) is 0.922. The van der Waals surface area contributed by atoms with Crippen LogP contribution in [0.5, 0.6) is 11.5 Å². The second kappa shape index (κ2) is 5.71. The molecule has 2 fully saturated rings. The molecule has 1 N–H and O–H groups in total. The van der Waals surface area contributed by atoms with Crippen molar-refractivity contribution in [3.8, 4) is 11.5 Å². The number of hydrogen-bond donors (Lipinski definition) is 1. The zero-order valence-electron chi connectivity index (χ0n) is 13.6. The average Bonchev–Trinajstić information content (AvgIpc) is 3.27. The summed E-state index contributed by atoms with van der Waals surface area (Å²) in [5.41, 5.74) is 0.285. The number of rotatable bonds is 3. The molecule has 0 radical (unpaired) electrons. The van der Waals surface area contributed by atoms with Gasteiger partial charge in [0.2, 0.25) is 5.91 Å². The molecule has 3 aliphatic rings. The fraction of sp³-hybridized carbons (Fsp3) is 0.611. The number of carbonyl (C=O) groups excluding carboxylic acids is 1. The summed E-state index contributed by atoms with van der Waals surface area (Å²) in [6, 6.07) is 7.69. The lowest BCUT2D eigenvalue weighted by Gasteiger charge is -2.30. The van der Waals surface area contributed by atoms with Crippen molar-refractivity contribution in [2.24, 2.45) is 11.3 Å². The highest BCUT2D eigenvalue weighted by atomic mass is 16.6. The summed E-state index contributed by atoms with van der Waals surface area (Å²) in [6.07, 6.45) is 3.23. The predicted octanol–water partition coefficient (Wildman–Crippen LogP) is 1.67. The Balaban J connectivity index is 1.34. The number of carbonyl (C=O) groups is 1. The molecule has 0 aromatic heterocycles. The molecule has 0 bridgehead atoms. The van der Waals surface area contributed by atoms with Crippen LogP contribution in [0.25, 0.3) is 0 Å². The molecule has 1 aromatic rings. The van der Waals surface area contributed by atoms with Crippen molar-refractivity contribution in [2.75, 3.05) is 33.3 Å². The minimum Gasteiger partial charge on any atom is -0.486 e. The molecule has 5 heteroatoms. The maximum atomic E-state index is 12.7. The lowest BCUT2D eigenvalue weighted by atomic mass is 9.91. The van der Waals surface area contributed by atoms with Crippen molar-refractivity contribution < 1.29 is 14.3 Å². The molecule has 124 valence electrons. The maximum Gasteiger partial charge on any atom is 0.226 e. The Hall–Kier alpha value is -1.75. The first kappa shape index (κ1) is 14.8. The minimum atomic E-state index is -0.0958. The van der Waals surface area contributed by atoms with Crippen molar-refractivity contribution >= 4 is 5.91 Å². The summed E-state index contributed by atoms with van der Waals surface area (Å²) in [7, 11) is 1.89. The van der Waals surface area contributed by atoms with Crippen LogP contribution in [-0.4, -0.2) is 50.2 Å². The fourth-order valence-corrected chi connectivity index (χ4v) is 3.99. The van der Waals surface area contributed by atoms with E-state index in [1.807, 2.05) is 36.2 Å². The van der Waals surface area contributed by atoms with Gasteiger partial charge in [-0.15, -0.1) is 0 Å². The minimum absolute atomic E-state index is 0.0958. The number of hydrogen-bond acceptors (Lipinski definition) is 4. The highest BCUT2D eigenvalue weighted by Crippen LogP contribution is 2.59. The standard InChI is InChI=1S/C18H24N2O3/c1-20(17(21)14-10-18(14)6-8-19-9-7-18)11-13-12-22-15-4-2-3-5-16(15)23-13/h2-5,13-14,19H,6-12H2,1H3. The molecular formula is C18H24N2O3. The topological polar surface area (TPSA) is 50.8 Å². The molecule has 1 saturated heterocycles. The van der Waals surface area contributed by atoms with E-state index in [4.69, 9.17) is 9.47 Å². The fourth-order valence-electron chi connectivity index (χ4n) is 3.99. The molecule has 2 heterocycles. The monoisotopic (exact) mass is 316 g/mol. The first-order valence-electron chi connectivity index (χ1n) is 8.52. The average molecular weight is 316 g/mol. The van der Waals surface area contributed by atoms with Crippen molar-refractivity contribution in [1.29, 1.82) is 0 Å². The molecule has 1 aliphatic carbocycles. The van der Waals surface area contributed by atoms with Gasteiger partial charge in [0.1, 0.15) is 6.61 Å². The van der Waals surface area contributed by atoms with Crippen LogP contribution in [-0.2, 0) is 4.79 Å². The molecule has 2 atom stereocenters. The largest absolute Gasteiger partial charge is 0.486 e. The van der Waals surface area contributed by atoms with Gasteiger partial charge in [-0.05, 0) is 49.9 Å². The third-order valence-electron chi connectivity index (χ3n) is 5.51. The Kier molecular flexibility index (Phi) is 3.68. The third-order valence-corrected chi connectivity index (χ3v) is 5.51. The number of piperidine rings is 1. The Morgan fingerprint density at radius 1 is 1.30 bits per heavy atom. The highest BCUT2D eigenvalue weighted by molar-refractivity contribution is 5.82. The molecule has 1 saturated carbocycles. The van der Waals surface area contributed by atoms with Crippen LogP contribution >= 0.6 is 0 Å². The second-order valence-corrected chi connectivity index (χ2v) is 7.09. The summed E-state index contributed by atoms with van der Waals surface area (Å²) >= 11 is 0. The summed E-state index contributed by atoms with van der Waals surface area (Å²) in [5, 5.41) is 3.38. The van der Waals surface area contributed by atoms with Gasteiger partial charge < -0.3 is 19.7 Å². The SMILES string of the molecule is CN(CC1COc2ccccc2O1)C(=O)C1CC12CCNCC2. The van der Waals surface area contributed by atoms with E-state index in [1.54, 1.807) is 0 Å². The lowest BCUT2D eigenvalue weighted by Crippen LogP contribution is -2.43. The van der Waals surface area contributed by atoms with Crippen LogP contribution in [0.2, 0.25) is 0 Å². The summed E-state index contributed by atoms with van der Waals surface area (Å²) in [4.78, 5) is 14.5. The van der Waals surface area contributed by atoms with Gasteiger partial charge in [0, 0.05) is 13.0 Å². The molecular weight excluding hydrogens is 292 g/mol. The van der Waals surface area contributed by atoms with E-state index in [0.29, 0.717) is 13.2 Å². The van der Waals surface area contributed by atoms with E-state index in [0.717, 1.165) is 43.9 Å². The van der Waals surface area contributed by atoms with Gasteiger partial charge in [0.15, 0.2) is 17.6 Å². The first-order chi connectivity index (χ1) is 11.2. The van der Waals surface area contributed by atoms with Crippen LogP contribution < -0.4 is 14.8 Å². The molecule has 1 spiro atoms. The van der Waals surface area contributed by atoms with Crippen molar-refractivity contribution in [3.63, 3.8) is 0 Å². The van der Waals surface area contributed by atoms with Gasteiger partial charge in [-0.1, -0.05) is 12.1 Å². The Bertz CT molecular complexity index is 598. The summed E-state index contributed by atoms with van der Waals surface area (Å²) in [5.74, 6) is 2.04. The van der Waals surface area contributed by atoms with E-state index < -0.39 is 0 Å². The number of benzene rings is 1. The number of fused-ring (bicyclic) bond motifs is 1. The molecule has 23 heavy (non-hydrogen) atoms. The first-order valence-corrected chi connectivity index (χ1v) is 8.52. The molecule has 2 unspecified atom stereocenters.